The largest absolute Gasteiger partial charge is 0.466 e. The number of carbonyl (C=O) groups is 3. The molecule has 0 N–H and O–H groups in total. The van der Waals surface area contributed by atoms with E-state index in [0.29, 0.717) is 30.0 Å². The van der Waals surface area contributed by atoms with Crippen LogP contribution < -0.4 is 9.80 Å². The Kier molecular flexibility index (Phi) is 7.60. The maximum absolute atomic E-state index is 12.6. The van der Waals surface area contributed by atoms with E-state index in [1.54, 1.807) is 23.1 Å². The Balaban J connectivity index is 2.70. The van der Waals surface area contributed by atoms with E-state index in [1.807, 2.05) is 18.7 Å². The first-order chi connectivity index (χ1) is 13.9. The lowest BCUT2D eigenvalue weighted by molar-refractivity contribution is -0.140. The molecule has 9 nitrogen and oxygen atoms in total. The Labute approximate surface area is 169 Å². The van der Waals surface area contributed by atoms with Crippen molar-refractivity contribution in [1.29, 1.82) is 0 Å². The van der Waals surface area contributed by atoms with E-state index in [1.165, 1.54) is 21.3 Å². The van der Waals surface area contributed by atoms with Gasteiger partial charge in [-0.25, -0.2) is 14.4 Å². The second-order valence-corrected chi connectivity index (χ2v) is 6.08. The highest BCUT2D eigenvalue weighted by molar-refractivity contribution is 6.04. The molecule has 0 saturated heterocycles. The third-order valence-electron chi connectivity index (χ3n) is 4.62. The maximum atomic E-state index is 12.6. The standard InChI is InChI=1S/C20H26N2O7/c1-6-21(7-2)16-10-13(18(23)26-3)8-9-15(16)22-12-29-11-14(19(24)27-4)17(22)20(25)28-5/h8-10H,6-7,11-12H2,1-5H3. The van der Waals surface area contributed by atoms with Gasteiger partial charge in [-0.1, -0.05) is 0 Å². The summed E-state index contributed by atoms with van der Waals surface area (Å²) in [5, 5.41) is 0. The molecule has 0 atom stereocenters. The molecule has 158 valence electrons. The van der Waals surface area contributed by atoms with Gasteiger partial charge in [-0.15, -0.1) is 0 Å². The van der Waals surface area contributed by atoms with Gasteiger partial charge in [-0.2, -0.15) is 0 Å². The molecule has 1 heterocycles. The number of nitrogens with zero attached hydrogens (tertiary/aromatic N) is 2. The number of anilines is 2. The first kappa shape index (κ1) is 22.2. The first-order valence-electron chi connectivity index (χ1n) is 9.15. The predicted molar refractivity (Wildman–Crippen MR) is 106 cm³/mol. The number of rotatable bonds is 7. The number of hydrogen-bond donors (Lipinski definition) is 0. The van der Waals surface area contributed by atoms with Gasteiger partial charge in [-0.3, -0.25) is 0 Å². The lowest BCUT2D eigenvalue weighted by Gasteiger charge is -2.35. The van der Waals surface area contributed by atoms with Crippen molar-refractivity contribution in [3.63, 3.8) is 0 Å². The Morgan fingerprint density at radius 1 is 1.00 bits per heavy atom. The molecule has 0 saturated carbocycles. The van der Waals surface area contributed by atoms with Crippen molar-refractivity contribution in [1.82, 2.24) is 0 Å². The monoisotopic (exact) mass is 406 g/mol. The van der Waals surface area contributed by atoms with Crippen LogP contribution in [0.25, 0.3) is 0 Å². The van der Waals surface area contributed by atoms with Crippen LogP contribution in [-0.4, -0.2) is 65.7 Å². The van der Waals surface area contributed by atoms with E-state index >= 15 is 0 Å². The van der Waals surface area contributed by atoms with Crippen molar-refractivity contribution in [3.05, 3.63) is 35.0 Å². The minimum Gasteiger partial charge on any atom is -0.466 e. The number of carbonyl (C=O) groups excluding carboxylic acids is 3. The van der Waals surface area contributed by atoms with Crippen molar-refractivity contribution < 1.29 is 33.3 Å². The molecule has 9 heteroatoms. The molecular formula is C20H26N2O7. The van der Waals surface area contributed by atoms with Gasteiger partial charge < -0.3 is 28.7 Å². The van der Waals surface area contributed by atoms with Gasteiger partial charge >= 0.3 is 17.9 Å². The van der Waals surface area contributed by atoms with Crippen LogP contribution in [0.1, 0.15) is 24.2 Å². The van der Waals surface area contributed by atoms with Crippen LogP contribution in [0, 0.1) is 0 Å². The molecule has 2 rings (SSSR count). The van der Waals surface area contributed by atoms with Gasteiger partial charge in [0.05, 0.1) is 50.4 Å². The average molecular weight is 406 g/mol. The van der Waals surface area contributed by atoms with Crippen LogP contribution >= 0.6 is 0 Å². The van der Waals surface area contributed by atoms with Gasteiger partial charge in [0, 0.05) is 13.1 Å². The summed E-state index contributed by atoms with van der Waals surface area (Å²) < 4.78 is 20.1. The molecule has 0 bridgehead atoms. The van der Waals surface area contributed by atoms with Gasteiger partial charge in [0.25, 0.3) is 0 Å². The van der Waals surface area contributed by atoms with Gasteiger partial charge in [-0.05, 0) is 32.0 Å². The van der Waals surface area contributed by atoms with E-state index in [0.717, 1.165) is 0 Å². The number of methoxy groups -OCH3 is 3. The van der Waals surface area contributed by atoms with E-state index in [-0.39, 0.29) is 24.6 Å². The highest BCUT2D eigenvalue weighted by Crippen LogP contribution is 2.35. The number of hydrogen-bond acceptors (Lipinski definition) is 9. The van der Waals surface area contributed by atoms with Crippen LogP contribution in [-0.2, 0) is 28.5 Å². The third-order valence-corrected chi connectivity index (χ3v) is 4.62. The second kappa shape index (κ2) is 9.92. The summed E-state index contributed by atoms with van der Waals surface area (Å²) in [7, 11) is 3.78. The fraction of sp³-hybridized carbons (Fsp3) is 0.450. The van der Waals surface area contributed by atoms with E-state index < -0.39 is 17.9 Å². The molecule has 0 fully saturated rings. The van der Waals surface area contributed by atoms with Crippen molar-refractivity contribution in [2.75, 3.05) is 57.6 Å². The van der Waals surface area contributed by atoms with Crippen molar-refractivity contribution >= 4 is 29.3 Å². The smallest absolute Gasteiger partial charge is 0.355 e. The molecule has 29 heavy (non-hydrogen) atoms. The molecule has 1 aromatic carbocycles. The molecule has 0 unspecified atom stereocenters. The first-order valence-corrected chi connectivity index (χ1v) is 9.15. The molecule has 0 spiro atoms. The maximum Gasteiger partial charge on any atom is 0.355 e. The van der Waals surface area contributed by atoms with Crippen molar-refractivity contribution in [2.24, 2.45) is 0 Å². The number of benzene rings is 1. The lowest BCUT2D eigenvalue weighted by atomic mass is 10.1. The summed E-state index contributed by atoms with van der Waals surface area (Å²) in [6, 6.07) is 4.97. The minimum absolute atomic E-state index is 0.0246. The summed E-state index contributed by atoms with van der Waals surface area (Å²) >= 11 is 0. The van der Waals surface area contributed by atoms with Crippen LogP contribution in [0.5, 0.6) is 0 Å². The number of esters is 3. The Morgan fingerprint density at radius 2 is 1.62 bits per heavy atom. The fourth-order valence-electron chi connectivity index (χ4n) is 3.15. The van der Waals surface area contributed by atoms with Crippen molar-refractivity contribution in [2.45, 2.75) is 13.8 Å². The Hall–Kier alpha value is -3.07. The Morgan fingerprint density at radius 3 is 2.17 bits per heavy atom. The van der Waals surface area contributed by atoms with Gasteiger partial charge in [0.1, 0.15) is 12.4 Å². The fourth-order valence-corrected chi connectivity index (χ4v) is 3.15. The molecule has 1 aliphatic heterocycles. The summed E-state index contributed by atoms with van der Waals surface area (Å²) in [5.74, 6) is -1.83. The molecule has 0 aromatic heterocycles. The zero-order chi connectivity index (χ0) is 21.6. The molecule has 0 radical (unpaired) electrons. The van der Waals surface area contributed by atoms with Crippen LogP contribution in [0.3, 0.4) is 0 Å². The van der Waals surface area contributed by atoms with Gasteiger partial charge in [0.15, 0.2) is 0 Å². The van der Waals surface area contributed by atoms with Crippen LogP contribution in [0.15, 0.2) is 29.5 Å². The minimum atomic E-state index is -0.684. The highest BCUT2D eigenvalue weighted by Gasteiger charge is 2.34. The molecule has 0 amide bonds. The lowest BCUT2D eigenvalue weighted by Crippen LogP contribution is -2.39. The van der Waals surface area contributed by atoms with Gasteiger partial charge in [0.2, 0.25) is 0 Å². The predicted octanol–water partition coefficient (Wildman–Crippen LogP) is 1.71. The third kappa shape index (κ3) is 4.51. The van der Waals surface area contributed by atoms with Crippen molar-refractivity contribution in [3.8, 4) is 0 Å². The quantitative estimate of drug-likeness (QED) is 0.495. The second-order valence-electron chi connectivity index (χ2n) is 6.08. The van der Waals surface area contributed by atoms with E-state index in [9.17, 15) is 14.4 Å². The summed E-state index contributed by atoms with van der Waals surface area (Å²) in [6.45, 7) is 5.21. The van der Waals surface area contributed by atoms with E-state index in [4.69, 9.17) is 18.9 Å². The average Bonchev–Trinajstić information content (AvgIpc) is 2.77. The highest BCUT2D eigenvalue weighted by atomic mass is 16.5. The molecular weight excluding hydrogens is 380 g/mol. The van der Waals surface area contributed by atoms with Crippen LogP contribution in [0.2, 0.25) is 0 Å². The topological polar surface area (TPSA) is 94.6 Å². The normalized spacial score (nSPS) is 13.8. The zero-order valence-corrected chi connectivity index (χ0v) is 17.3. The summed E-state index contributed by atoms with van der Waals surface area (Å²) in [5.41, 5.74) is 1.75. The molecule has 1 aromatic rings. The van der Waals surface area contributed by atoms with E-state index in [2.05, 4.69) is 0 Å². The molecule has 1 aliphatic rings. The molecule has 0 aliphatic carbocycles. The zero-order valence-electron chi connectivity index (χ0n) is 17.3. The summed E-state index contributed by atoms with van der Waals surface area (Å²) in [4.78, 5) is 40.4. The van der Waals surface area contributed by atoms with Crippen LogP contribution in [0.4, 0.5) is 11.4 Å². The SMILES string of the molecule is CCN(CC)c1cc(C(=O)OC)ccc1N1COCC(C(=O)OC)=C1C(=O)OC. The number of ether oxygens (including phenoxy) is 4. The summed E-state index contributed by atoms with van der Waals surface area (Å²) in [6.07, 6.45) is 0. The Bertz CT molecular complexity index is 815.